The van der Waals surface area contributed by atoms with Gasteiger partial charge in [0.05, 0.1) is 12.5 Å². The molecule has 2 aromatic rings. The molecule has 32 heavy (non-hydrogen) atoms. The lowest BCUT2D eigenvalue weighted by Crippen LogP contribution is -2.47. The Kier molecular flexibility index (Phi) is 8.86. The number of rotatable bonds is 8. The highest BCUT2D eigenvalue weighted by atomic mass is 32.1. The van der Waals surface area contributed by atoms with Crippen LogP contribution in [0.25, 0.3) is 0 Å². The van der Waals surface area contributed by atoms with E-state index in [1.165, 1.54) is 0 Å². The maximum atomic E-state index is 12.5. The van der Waals surface area contributed by atoms with Gasteiger partial charge in [-0.3, -0.25) is 14.9 Å². The number of likely N-dealkylation sites (tertiary alicyclic amines) is 1. The fourth-order valence-corrected chi connectivity index (χ4v) is 3.64. The van der Waals surface area contributed by atoms with E-state index in [-0.39, 0.29) is 17.8 Å². The van der Waals surface area contributed by atoms with Crippen LogP contribution in [-0.2, 0) is 9.53 Å². The SMILES string of the molecule is CCOC(=O)C1CCN(C(=S)NC(=O)c2ccc(OCCOc3ccccc3)cc2)CC1. The molecule has 0 bridgehead atoms. The predicted octanol–water partition coefficient (Wildman–Crippen LogP) is 3.43. The van der Waals surface area contributed by atoms with Gasteiger partial charge in [0.25, 0.3) is 5.91 Å². The molecule has 170 valence electrons. The fraction of sp³-hybridized carbons (Fsp3) is 0.375. The number of hydrogen-bond acceptors (Lipinski definition) is 6. The van der Waals surface area contributed by atoms with E-state index in [1.54, 1.807) is 31.2 Å². The van der Waals surface area contributed by atoms with Crippen LogP contribution in [0.4, 0.5) is 0 Å². The molecule has 8 heteroatoms. The summed E-state index contributed by atoms with van der Waals surface area (Å²) in [7, 11) is 0. The van der Waals surface area contributed by atoms with Gasteiger partial charge in [0.2, 0.25) is 0 Å². The normalized spacial score (nSPS) is 13.8. The van der Waals surface area contributed by atoms with Crippen molar-refractivity contribution in [3.05, 3.63) is 60.2 Å². The van der Waals surface area contributed by atoms with E-state index in [2.05, 4.69) is 5.32 Å². The molecular formula is C24H28N2O5S. The van der Waals surface area contributed by atoms with Gasteiger partial charge in [-0.1, -0.05) is 18.2 Å². The lowest BCUT2D eigenvalue weighted by molar-refractivity contribution is -0.149. The Balaban J connectivity index is 1.39. The van der Waals surface area contributed by atoms with E-state index >= 15 is 0 Å². The molecule has 0 saturated carbocycles. The molecule has 1 saturated heterocycles. The second-order valence-electron chi connectivity index (χ2n) is 7.31. The van der Waals surface area contributed by atoms with Crippen LogP contribution in [0.2, 0.25) is 0 Å². The van der Waals surface area contributed by atoms with Crippen LogP contribution in [0, 0.1) is 5.92 Å². The van der Waals surface area contributed by atoms with Crippen molar-refractivity contribution in [3.63, 3.8) is 0 Å². The molecule has 0 spiro atoms. The van der Waals surface area contributed by atoms with E-state index in [9.17, 15) is 9.59 Å². The molecule has 0 aliphatic carbocycles. The van der Waals surface area contributed by atoms with E-state index in [4.69, 9.17) is 26.4 Å². The van der Waals surface area contributed by atoms with Crippen molar-refractivity contribution in [1.29, 1.82) is 0 Å². The third kappa shape index (κ3) is 6.95. The number of para-hydroxylation sites is 1. The molecule has 0 aromatic heterocycles. The molecule has 7 nitrogen and oxygen atoms in total. The second kappa shape index (κ2) is 12.0. The molecule has 1 N–H and O–H groups in total. The van der Waals surface area contributed by atoms with Gasteiger partial charge in [-0.25, -0.2) is 0 Å². The van der Waals surface area contributed by atoms with Gasteiger partial charge in [-0.05, 0) is 68.4 Å². The first-order valence-corrected chi connectivity index (χ1v) is 11.1. The van der Waals surface area contributed by atoms with Crippen molar-refractivity contribution in [1.82, 2.24) is 10.2 Å². The summed E-state index contributed by atoms with van der Waals surface area (Å²) in [6.07, 6.45) is 1.32. The first-order valence-electron chi connectivity index (χ1n) is 10.7. The monoisotopic (exact) mass is 456 g/mol. The summed E-state index contributed by atoms with van der Waals surface area (Å²) >= 11 is 5.38. The number of esters is 1. The number of hydrogen-bond donors (Lipinski definition) is 1. The Morgan fingerprint density at radius 3 is 2.16 bits per heavy atom. The quantitative estimate of drug-likeness (QED) is 0.370. The molecule has 0 atom stereocenters. The zero-order chi connectivity index (χ0) is 22.8. The molecule has 0 radical (unpaired) electrons. The van der Waals surface area contributed by atoms with Crippen LogP contribution >= 0.6 is 12.2 Å². The zero-order valence-corrected chi connectivity index (χ0v) is 18.9. The third-order valence-electron chi connectivity index (χ3n) is 5.10. The average molecular weight is 457 g/mol. The number of benzene rings is 2. The Morgan fingerprint density at radius 1 is 0.969 bits per heavy atom. The number of piperidine rings is 1. The van der Waals surface area contributed by atoms with Crippen LogP contribution < -0.4 is 14.8 Å². The number of carbonyl (C=O) groups excluding carboxylic acids is 2. The van der Waals surface area contributed by atoms with E-state index < -0.39 is 0 Å². The van der Waals surface area contributed by atoms with E-state index in [0.29, 0.717) is 62.2 Å². The Labute approximate surface area is 193 Å². The number of nitrogens with zero attached hydrogens (tertiary/aromatic N) is 1. The summed E-state index contributed by atoms with van der Waals surface area (Å²) in [6.45, 7) is 4.23. The third-order valence-corrected chi connectivity index (χ3v) is 5.46. The summed E-state index contributed by atoms with van der Waals surface area (Å²) in [5.74, 6) is 0.916. The minimum Gasteiger partial charge on any atom is -0.490 e. The second-order valence-corrected chi connectivity index (χ2v) is 7.69. The summed E-state index contributed by atoms with van der Waals surface area (Å²) < 4.78 is 16.3. The minimum absolute atomic E-state index is 0.102. The van der Waals surface area contributed by atoms with Crippen LogP contribution in [0.3, 0.4) is 0 Å². The van der Waals surface area contributed by atoms with Gasteiger partial charge >= 0.3 is 5.97 Å². The van der Waals surface area contributed by atoms with E-state index in [1.807, 2.05) is 35.2 Å². The highest BCUT2D eigenvalue weighted by Gasteiger charge is 2.27. The maximum absolute atomic E-state index is 12.5. The van der Waals surface area contributed by atoms with Crippen molar-refractivity contribution in [3.8, 4) is 11.5 Å². The standard InChI is InChI=1S/C24H28N2O5S/c1-2-29-23(28)19-12-14-26(15-13-19)24(32)25-22(27)18-8-10-21(11-9-18)31-17-16-30-20-6-4-3-5-7-20/h3-11,19H,2,12-17H2,1H3,(H,25,27,32). The fourth-order valence-electron chi connectivity index (χ4n) is 3.37. The molecule has 1 heterocycles. The predicted molar refractivity (Wildman–Crippen MR) is 125 cm³/mol. The van der Waals surface area contributed by atoms with Gasteiger partial charge in [0.1, 0.15) is 24.7 Å². The largest absolute Gasteiger partial charge is 0.490 e. The van der Waals surface area contributed by atoms with Crippen LogP contribution in [0.1, 0.15) is 30.1 Å². The van der Waals surface area contributed by atoms with Crippen molar-refractivity contribution in [2.24, 2.45) is 5.92 Å². The lowest BCUT2D eigenvalue weighted by atomic mass is 9.97. The summed E-state index contributed by atoms with van der Waals surface area (Å²) in [5, 5.41) is 3.14. The molecular weight excluding hydrogens is 428 g/mol. The van der Waals surface area contributed by atoms with Gasteiger partial charge in [-0.2, -0.15) is 0 Å². The van der Waals surface area contributed by atoms with Crippen LogP contribution in [-0.4, -0.2) is 54.8 Å². The topological polar surface area (TPSA) is 77.1 Å². The Morgan fingerprint density at radius 2 is 1.56 bits per heavy atom. The highest BCUT2D eigenvalue weighted by molar-refractivity contribution is 7.80. The number of thiocarbonyl (C=S) groups is 1. The molecule has 2 aromatic carbocycles. The highest BCUT2D eigenvalue weighted by Crippen LogP contribution is 2.19. The number of nitrogens with one attached hydrogen (secondary N) is 1. The zero-order valence-electron chi connectivity index (χ0n) is 18.1. The molecule has 1 fully saturated rings. The molecule has 1 amide bonds. The van der Waals surface area contributed by atoms with Crippen LogP contribution in [0.5, 0.6) is 11.5 Å². The first kappa shape index (κ1) is 23.5. The molecule has 1 aliphatic heterocycles. The summed E-state index contributed by atoms with van der Waals surface area (Å²) in [6, 6.07) is 16.4. The molecule has 0 unspecified atom stereocenters. The first-order chi connectivity index (χ1) is 15.6. The van der Waals surface area contributed by atoms with Gasteiger partial charge < -0.3 is 19.1 Å². The number of carbonyl (C=O) groups is 2. The van der Waals surface area contributed by atoms with Gasteiger partial charge in [-0.15, -0.1) is 0 Å². The van der Waals surface area contributed by atoms with Gasteiger partial charge in [0, 0.05) is 18.7 Å². The summed E-state index contributed by atoms with van der Waals surface area (Å²) in [5.41, 5.74) is 0.488. The average Bonchev–Trinajstić information content (AvgIpc) is 2.83. The van der Waals surface area contributed by atoms with Crippen LogP contribution in [0.15, 0.2) is 54.6 Å². The number of amides is 1. The minimum atomic E-state index is -0.276. The van der Waals surface area contributed by atoms with Crippen molar-refractivity contribution in [2.75, 3.05) is 32.9 Å². The Bertz CT molecular complexity index is 896. The molecule has 1 aliphatic rings. The molecule has 3 rings (SSSR count). The number of ether oxygens (including phenoxy) is 3. The van der Waals surface area contributed by atoms with Gasteiger partial charge in [0.15, 0.2) is 5.11 Å². The smallest absolute Gasteiger partial charge is 0.309 e. The Hall–Kier alpha value is -3.13. The van der Waals surface area contributed by atoms with Crippen molar-refractivity contribution >= 4 is 29.2 Å². The maximum Gasteiger partial charge on any atom is 0.309 e. The lowest BCUT2D eigenvalue weighted by Gasteiger charge is -2.32. The van der Waals surface area contributed by atoms with E-state index in [0.717, 1.165) is 5.75 Å². The summed E-state index contributed by atoms with van der Waals surface area (Å²) in [4.78, 5) is 26.3. The van der Waals surface area contributed by atoms with Crippen molar-refractivity contribution < 1.29 is 23.8 Å². The van der Waals surface area contributed by atoms with Crippen molar-refractivity contribution in [2.45, 2.75) is 19.8 Å².